The van der Waals surface area contributed by atoms with E-state index in [1.54, 1.807) is 0 Å². The second-order valence-electron chi connectivity index (χ2n) is 9.37. The van der Waals surface area contributed by atoms with Gasteiger partial charge in [0.15, 0.2) is 5.82 Å². The number of aryl methyl sites for hydroxylation is 1. The first-order valence-corrected chi connectivity index (χ1v) is 11.6. The van der Waals surface area contributed by atoms with Gasteiger partial charge in [0.05, 0.1) is 5.70 Å². The number of terminal acetylenes is 1. The van der Waals surface area contributed by atoms with Crippen molar-refractivity contribution in [2.75, 3.05) is 11.9 Å². The highest BCUT2D eigenvalue weighted by atomic mass is 31.0. The number of fused-ring (bicyclic) bond motifs is 1. The van der Waals surface area contributed by atoms with Crippen molar-refractivity contribution in [2.24, 2.45) is 7.05 Å². The third-order valence-corrected chi connectivity index (χ3v) is 5.96. The number of nitrogens with zero attached hydrogens (tertiary/aromatic N) is 3. The second-order valence-corrected chi connectivity index (χ2v) is 10.9. The molecule has 0 amide bonds. The van der Waals surface area contributed by atoms with Crippen LogP contribution in [0.4, 0.5) is 5.82 Å². The summed E-state index contributed by atoms with van der Waals surface area (Å²) in [6, 6.07) is 8.76. The van der Waals surface area contributed by atoms with Gasteiger partial charge in [0.1, 0.15) is 0 Å². The average molecular weight is 447 g/mol. The first kappa shape index (κ1) is 23.9. The molecule has 0 saturated carbocycles. The van der Waals surface area contributed by atoms with Crippen LogP contribution in [0, 0.1) is 12.3 Å². The Labute approximate surface area is 195 Å². The molecule has 1 aliphatic heterocycles. The number of rotatable bonds is 7. The van der Waals surface area contributed by atoms with Crippen molar-refractivity contribution in [3.63, 3.8) is 0 Å². The van der Waals surface area contributed by atoms with Crippen LogP contribution in [0.25, 0.3) is 5.57 Å². The fourth-order valence-electron chi connectivity index (χ4n) is 3.99. The molecule has 32 heavy (non-hydrogen) atoms. The van der Waals surface area contributed by atoms with Crippen LogP contribution in [-0.4, -0.2) is 26.4 Å². The summed E-state index contributed by atoms with van der Waals surface area (Å²) in [7, 11) is 4.90. The number of benzene rings is 1. The van der Waals surface area contributed by atoms with Crippen LogP contribution in [0.5, 0.6) is 0 Å². The third kappa shape index (κ3) is 5.93. The smallest absolute Gasteiger partial charge is 0.158 e. The van der Waals surface area contributed by atoms with Crippen LogP contribution in [0.2, 0.25) is 0 Å². The Morgan fingerprint density at radius 1 is 1.28 bits per heavy atom. The lowest BCUT2D eigenvalue weighted by molar-refractivity contribution is 0.320. The summed E-state index contributed by atoms with van der Waals surface area (Å²) >= 11 is 0. The highest BCUT2D eigenvalue weighted by molar-refractivity contribution is 7.18. The second kappa shape index (κ2) is 9.80. The molecule has 1 aromatic carbocycles. The van der Waals surface area contributed by atoms with E-state index in [1.165, 1.54) is 22.4 Å². The van der Waals surface area contributed by atoms with Crippen LogP contribution >= 0.6 is 9.24 Å². The Morgan fingerprint density at radius 3 is 2.56 bits per heavy atom. The van der Waals surface area contributed by atoms with Gasteiger partial charge in [-0.2, -0.15) is 5.10 Å². The zero-order chi connectivity index (χ0) is 23.5. The van der Waals surface area contributed by atoms with Crippen molar-refractivity contribution in [3.8, 4) is 12.3 Å². The summed E-state index contributed by atoms with van der Waals surface area (Å²) in [4.78, 5) is 2.28. The van der Waals surface area contributed by atoms with E-state index in [1.807, 2.05) is 24.7 Å². The van der Waals surface area contributed by atoms with Crippen molar-refractivity contribution in [3.05, 3.63) is 76.8 Å². The molecule has 1 aliphatic rings. The predicted molar refractivity (Wildman–Crippen MR) is 140 cm³/mol. The van der Waals surface area contributed by atoms with Gasteiger partial charge in [-0.3, -0.25) is 4.68 Å². The first-order chi connectivity index (χ1) is 15.1. The summed E-state index contributed by atoms with van der Waals surface area (Å²) in [6.07, 6.45) is 11.8. The maximum Gasteiger partial charge on any atom is 0.158 e. The molecule has 168 valence electrons. The van der Waals surface area contributed by atoms with Gasteiger partial charge in [0.2, 0.25) is 0 Å². The van der Waals surface area contributed by atoms with Crippen molar-refractivity contribution in [2.45, 2.75) is 52.2 Å². The quantitative estimate of drug-likeness (QED) is 0.344. The Hall–Kier alpha value is -2.76. The fourth-order valence-corrected chi connectivity index (χ4v) is 4.22. The lowest BCUT2D eigenvalue weighted by Gasteiger charge is -2.29. The molecule has 2 heterocycles. The van der Waals surface area contributed by atoms with Gasteiger partial charge in [0, 0.05) is 43.5 Å². The van der Waals surface area contributed by atoms with E-state index in [9.17, 15) is 0 Å². The number of anilines is 1. The fraction of sp³-hybridized carbons (Fsp3) is 0.370. The number of nitrogens with one attached hydrogen (secondary N) is 1. The van der Waals surface area contributed by atoms with Crippen LogP contribution < -0.4 is 5.32 Å². The molecule has 1 unspecified atom stereocenters. The first-order valence-electron chi connectivity index (χ1n) is 11.0. The number of aromatic nitrogens is 2. The van der Waals surface area contributed by atoms with Gasteiger partial charge in [-0.25, -0.2) is 0 Å². The summed E-state index contributed by atoms with van der Waals surface area (Å²) in [5, 5.41) is 8.26. The van der Waals surface area contributed by atoms with Gasteiger partial charge in [0.25, 0.3) is 0 Å². The van der Waals surface area contributed by atoms with E-state index >= 15 is 0 Å². The monoisotopic (exact) mass is 446 g/mol. The van der Waals surface area contributed by atoms with E-state index in [0.29, 0.717) is 5.70 Å². The van der Waals surface area contributed by atoms with E-state index in [-0.39, 0.29) is 5.16 Å². The zero-order valence-electron chi connectivity index (χ0n) is 20.0. The predicted octanol–water partition coefficient (Wildman–Crippen LogP) is 5.54. The van der Waals surface area contributed by atoms with Crippen LogP contribution in [0.1, 0.15) is 50.1 Å². The van der Waals surface area contributed by atoms with Crippen molar-refractivity contribution < 1.29 is 0 Å². The maximum absolute atomic E-state index is 5.81. The van der Waals surface area contributed by atoms with Gasteiger partial charge in [-0.15, -0.1) is 15.7 Å². The molecule has 4 nitrogen and oxygen atoms in total. The molecule has 5 heteroatoms. The van der Waals surface area contributed by atoms with Crippen molar-refractivity contribution in [1.82, 2.24) is 14.7 Å². The molecule has 1 atom stereocenters. The molecule has 0 radical (unpaired) electrons. The van der Waals surface area contributed by atoms with E-state index in [0.717, 1.165) is 43.0 Å². The minimum absolute atomic E-state index is 0.203. The molecule has 0 fully saturated rings. The molecule has 0 bridgehead atoms. The van der Waals surface area contributed by atoms with Crippen molar-refractivity contribution in [1.29, 1.82) is 0 Å². The van der Waals surface area contributed by atoms with Gasteiger partial charge in [-0.1, -0.05) is 56.7 Å². The molecule has 0 aliphatic carbocycles. The lowest BCUT2D eigenvalue weighted by atomic mass is 9.99. The molecule has 0 spiro atoms. The third-order valence-electron chi connectivity index (χ3n) is 5.76. The Kier molecular flexibility index (Phi) is 7.32. The summed E-state index contributed by atoms with van der Waals surface area (Å²) in [5.74, 6) is 3.59. The molecule has 2 aromatic rings. The zero-order valence-corrected chi connectivity index (χ0v) is 21.2. The summed E-state index contributed by atoms with van der Waals surface area (Å²) in [5.41, 5.74) is 7.90. The van der Waals surface area contributed by atoms with Gasteiger partial charge in [-0.05, 0) is 48.2 Å². The maximum atomic E-state index is 5.81. The van der Waals surface area contributed by atoms with Crippen LogP contribution in [0.15, 0.2) is 54.4 Å². The minimum atomic E-state index is 0.203. The Bertz CT molecular complexity index is 1090. The molecule has 1 N–H and O–H groups in total. The molecular weight excluding hydrogens is 411 g/mol. The van der Waals surface area contributed by atoms with Crippen LogP contribution in [0.3, 0.4) is 0 Å². The number of hydrogen-bond acceptors (Lipinski definition) is 3. The Morgan fingerprint density at radius 2 is 1.97 bits per heavy atom. The minimum Gasteiger partial charge on any atom is -0.371 e. The molecule has 1 aromatic heterocycles. The van der Waals surface area contributed by atoms with Gasteiger partial charge < -0.3 is 10.2 Å². The summed E-state index contributed by atoms with van der Waals surface area (Å²) < 4.78 is 1.96. The SMILES string of the molecule is C#C/C(=C\C=C(/C)c1ccc(CC(C)(C)P)cc1)Nc1nn(C)c2c1CN(C(=C)C)CC2. The van der Waals surface area contributed by atoms with Crippen LogP contribution in [-0.2, 0) is 26.4 Å². The van der Waals surface area contributed by atoms with Gasteiger partial charge >= 0.3 is 0 Å². The average Bonchev–Trinajstić information content (AvgIpc) is 3.05. The van der Waals surface area contributed by atoms with Crippen molar-refractivity contribution >= 4 is 20.6 Å². The topological polar surface area (TPSA) is 33.1 Å². The summed E-state index contributed by atoms with van der Waals surface area (Å²) in [6.45, 7) is 14.5. The lowest BCUT2D eigenvalue weighted by Crippen LogP contribution is -2.29. The van der Waals surface area contributed by atoms with E-state index in [2.05, 4.69) is 88.2 Å². The molecule has 0 saturated heterocycles. The highest BCUT2D eigenvalue weighted by Gasteiger charge is 2.23. The molecule has 3 rings (SSSR count). The Balaban J connectivity index is 1.77. The van der Waals surface area contributed by atoms with E-state index in [4.69, 9.17) is 6.42 Å². The number of allylic oxidation sites excluding steroid dienone is 5. The largest absolute Gasteiger partial charge is 0.371 e. The standard InChI is InChI=1S/C27H35N4P/c1-8-23(14-9-20(4)22-12-10-21(11-13-22)17-27(5,6)32)28-26-24-18-31(19(2)3)16-15-25(24)30(7)29-26/h1,9-14H,2,15-18,32H2,3-7H3,(H,28,29)/b20-9+,23-14+. The van der Waals surface area contributed by atoms with E-state index < -0.39 is 0 Å². The molecular formula is C27H35N4P. The highest BCUT2D eigenvalue weighted by Crippen LogP contribution is 2.28. The number of hydrogen-bond donors (Lipinski definition) is 1. The normalized spacial score (nSPS) is 14.7.